The maximum Gasteiger partial charge on any atom is 0.203 e. The third kappa shape index (κ3) is 3.12. The third-order valence-electron chi connectivity index (χ3n) is 3.09. The Morgan fingerprint density at radius 1 is 1.24 bits per heavy atom. The molecule has 108 valence electrons. The van der Waals surface area contributed by atoms with Crippen molar-refractivity contribution in [1.82, 2.24) is 9.36 Å². The van der Waals surface area contributed by atoms with Gasteiger partial charge in [0.2, 0.25) is 5.13 Å². The summed E-state index contributed by atoms with van der Waals surface area (Å²) in [6, 6.07) is 13.3. The average molecular weight is 301 g/mol. The lowest BCUT2D eigenvalue weighted by Crippen LogP contribution is -2.30. The average Bonchev–Trinajstić information content (AvgIpc) is 3.18. The van der Waals surface area contributed by atoms with E-state index in [1.807, 2.05) is 30.3 Å². The van der Waals surface area contributed by atoms with Gasteiger partial charge in [0.15, 0.2) is 5.82 Å². The molecule has 0 aliphatic carbocycles. The lowest BCUT2D eigenvalue weighted by molar-refractivity contribution is 0.0476. The molecule has 0 radical (unpaired) electrons. The van der Waals surface area contributed by atoms with Gasteiger partial charge in [0.25, 0.3) is 0 Å². The fourth-order valence-electron chi connectivity index (χ4n) is 1.92. The molecule has 21 heavy (non-hydrogen) atoms. The van der Waals surface area contributed by atoms with E-state index in [0.29, 0.717) is 23.3 Å². The van der Waals surface area contributed by atoms with Gasteiger partial charge in [-0.05, 0) is 19.1 Å². The highest BCUT2D eigenvalue weighted by Crippen LogP contribution is 2.24. The molecule has 1 unspecified atom stereocenters. The number of aliphatic hydroxyl groups is 1. The minimum atomic E-state index is -1.10. The van der Waals surface area contributed by atoms with E-state index in [-0.39, 0.29) is 0 Å². The van der Waals surface area contributed by atoms with Gasteiger partial charge in [-0.25, -0.2) is 0 Å². The Hall–Kier alpha value is -2.18. The summed E-state index contributed by atoms with van der Waals surface area (Å²) in [6.45, 7) is 1.99. The second-order valence-electron chi connectivity index (χ2n) is 4.89. The van der Waals surface area contributed by atoms with E-state index >= 15 is 0 Å². The predicted octanol–water partition coefficient (Wildman–Crippen LogP) is 3.12. The molecule has 0 spiro atoms. The maximum atomic E-state index is 10.4. The van der Waals surface area contributed by atoms with Crippen LogP contribution in [-0.4, -0.2) is 21.0 Å². The number of aromatic nitrogens is 2. The minimum Gasteiger partial charge on any atom is -0.466 e. The molecule has 2 aromatic heterocycles. The van der Waals surface area contributed by atoms with Crippen molar-refractivity contribution in [2.45, 2.75) is 12.5 Å². The molecular weight excluding hydrogens is 286 g/mol. The zero-order valence-electron chi connectivity index (χ0n) is 11.5. The summed E-state index contributed by atoms with van der Waals surface area (Å²) in [7, 11) is 0. The number of anilines is 1. The van der Waals surface area contributed by atoms with Crippen LogP contribution in [0, 0.1) is 0 Å². The second kappa shape index (κ2) is 5.67. The van der Waals surface area contributed by atoms with Crippen LogP contribution in [0.5, 0.6) is 0 Å². The van der Waals surface area contributed by atoms with E-state index in [0.717, 1.165) is 5.56 Å². The monoisotopic (exact) mass is 301 g/mol. The summed E-state index contributed by atoms with van der Waals surface area (Å²) in [6.07, 6.45) is 1.54. The molecule has 0 aliphatic rings. The number of hydrogen-bond donors (Lipinski definition) is 2. The van der Waals surface area contributed by atoms with Gasteiger partial charge >= 0.3 is 0 Å². The molecule has 0 saturated heterocycles. The molecule has 3 aromatic rings. The molecule has 5 nitrogen and oxygen atoms in total. The van der Waals surface area contributed by atoms with Crippen molar-refractivity contribution >= 4 is 16.7 Å². The van der Waals surface area contributed by atoms with E-state index < -0.39 is 5.60 Å². The van der Waals surface area contributed by atoms with E-state index in [4.69, 9.17) is 4.42 Å². The van der Waals surface area contributed by atoms with Gasteiger partial charge < -0.3 is 14.8 Å². The molecule has 0 saturated carbocycles. The zero-order valence-corrected chi connectivity index (χ0v) is 12.3. The van der Waals surface area contributed by atoms with Crippen LogP contribution in [0.15, 0.2) is 53.1 Å². The number of benzene rings is 1. The van der Waals surface area contributed by atoms with Crippen molar-refractivity contribution in [3.63, 3.8) is 0 Å². The lowest BCUT2D eigenvalue weighted by Gasteiger charge is -2.20. The maximum absolute atomic E-state index is 10.4. The quantitative estimate of drug-likeness (QED) is 0.757. The molecule has 1 aromatic carbocycles. The molecule has 2 N–H and O–H groups in total. The SMILES string of the molecule is CC(O)(CNc1nc(-c2ccccc2)ns1)c1ccco1. The van der Waals surface area contributed by atoms with Crippen LogP contribution < -0.4 is 5.32 Å². The zero-order chi connectivity index (χ0) is 14.7. The van der Waals surface area contributed by atoms with Crippen LogP contribution >= 0.6 is 11.5 Å². The number of nitrogens with zero attached hydrogens (tertiary/aromatic N) is 2. The molecule has 0 aliphatic heterocycles. The molecule has 3 rings (SSSR count). The van der Waals surface area contributed by atoms with Gasteiger partial charge in [-0.1, -0.05) is 30.3 Å². The van der Waals surface area contributed by atoms with Crippen LogP contribution in [0.4, 0.5) is 5.13 Å². The molecule has 0 bridgehead atoms. The van der Waals surface area contributed by atoms with Gasteiger partial charge in [0.1, 0.15) is 11.4 Å². The predicted molar refractivity (Wildman–Crippen MR) is 82.1 cm³/mol. The van der Waals surface area contributed by atoms with Crippen molar-refractivity contribution in [1.29, 1.82) is 0 Å². The Morgan fingerprint density at radius 3 is 2.76 bits per heavy atom. The molecule has 0 fully saturated rings. The summed E-state index contributed by atoms with van der Waals surface area (Å²) in [5.74, 6) is 1.20. The van der Waals surface area contributed by atoms with Gasteiger partial charge in [0, 0.05) is 17.1 Å². The molecule has 6 heteroatoms. The highest BCUT2D eigenvalue weighted by molar-refractivity contribution is 7.09. The number of nitrogens with one attached hydrogen (secondary N) is 1. The number of furan rings is 1. The smallest absolute Gasteiger partial charge is 0.203 e. The van der Waals surface area contributed by atoms with E-state index in [1.54, 1.807) is 25.3 Å². The van der Waals surface area contributed by atoms with Crippen LogP contribution in [-0.2, 0) is 5.60 Å². The topological polar surface area (TPSA) is 71.2 Å². The Bertz CT molecular complexity index is 693. The molecular formula is C15H15N3O2S. The standard InChI is InChI=1S/C15H15N3O2S/c1-15(19,12-8-5-9-20-12)10-16-14-17-13(18-21-14)11-6-3-2-4-7-11/h2-9,19H,10H2,1H3,(H,16,17,18). The summed E-state index contributed by atoms with van der Waals surface area (Å²) >= 11 is 1.27. The molecule has 1 atom stereocenters. The van der Waals surface area contributed by atoms with Crippen LogP contribution in [0.2, 0.25) is 0 Å². The second-order valence-corrected chi connectivity index (χ2v) is 5.65. The molecule has 0 amide bonds. The normalized spacial score (nSPS) is 13.8. The summed E-state index contributed by atoms with van der Waals surface area (Å²) in [5.41, 5.74) is -0.123. The van der Waals surface area contributed by atoms with Crippen LogP contribution in [0.25, 0.3) is 11.4 Å². The first-order valence-electron chi connectivity index (χ1n) is 6.54. The highest BCUT2D eigenvalue weighted by Gasteiger charge is 2.26. The first-order valence-corrected chi connectivity index (χ1v) is 7.32. The van der Waals surface area contributed by atoms with Crippen molar-refractivity contribution in [2.75, 3.05) is 11.9 Å². The van der Waals surface area contributed by atoms with Gasteiger partial charge in [-0.15, -0.1) is 0 Å². The Balaban J connectivity index is 1.68. The van der Waals surface area contributed by atoms with Crippen molar-refractivity contribution in [3.05, 3.63) is 54.5 Å². The lowest BCUT2D eigenvalue weighted by atomic mass is 10.0. The number of rotatable bonds is 5. The summed E-state index contributed by atoms with van der Waals surface area (Å²) < 4.78 is 9.55. The number of hydrogen-bond acceptors (Lipinski definition) is 6. The minimum absolute atomic E-state index is 0.296. The van der Waals surface area contributed by atoms with Gasteiger partial charge in [0.05, 0.1) is 12.8 Å². The summed E-state index contributed by atoms with van der Waals surface area (Å²) in [4.78, 5) is 4.42. The fraction of sp³-hybridized carbons (Fsp3) is 0.200. The van der Waals surface area contributed by atoms with Crippen molar-refractivity contribution in [2.24, 2.45) is 0 Å². The summed E-state index contributed by atoms with van der Waals surface area (Å²) in [5, 5.41) is 14.1. The third-order valence-corrected chi connectivity index (χ3v) is 3.77. The largest absolute Gasteiger partial charge is 0.466 e. The fourth-order valence-corrected chi connectivity index (χ4v) is 2.50. The highest BCUT2D eigenvalue weighted by atomic mass is 32.1. The van der Waals surface area contributed by atoms with E-state index in [9.17, 15) is 5.11 Å². The molecule has 2 heterocycles. The Morgan fingerprint density at radius 2 is 2.05 bits per heavy atom. The first kappa shape index (κ1) is 13.8. The van der Waals surface area contributed by atoms with E-state index in [1.165, 1.54) is 11.5 Å². The first-order chi connectivity index (χ1) is 10.1. The van der Waals surface area contributed by atoms with Gasteiger partial charge in [-0.3, -0.25) is 0 Å². The van der Waals surface area contributed by atoms with E-state index in [2.05, 4.69) is 14.7 Å². The van der Waals surface area contributed by atoms with Crippen LogP contribution in [0.1, 0.15) is 12.7 Å². The van der Waals surface area contributed by atoms with Crippen molar-refractivity contribution in [3.8, 4) is 11.4 Å². The van der Waals surface area contributed by atoms with Crippen molar-refractivity contribution < 1.29 is 9.52 Å². The van der Waals surface area contributed by atoms with Crippen LogP contribution in [0.3, 0.4) is 0 Å². The Labute approximate surface area is 126 Å². The Kier molecular flexibility index (Phi) is 3.72. The van der Waals surface area contributed by atoms with Gasteiger partial charge in [-0.2, -0.15) is 9.36 Å².